The first-order valence-corrected chi connectivity index (χ1v) is 7.87. The maximum Gasteiger partial charge on any atom is 0.418 e. The highest BCUT2D eigenvalue weighted by Crippen LogP contribution is 2.37. The number of amides is 1. The highest BCUT2D eigenvalue weighted by atomic mass is 35.5. The van der Waals surface area contributed by atoms with Crippen molar-refractivity contribution in [2.75, 3.05) is 12.4 Å². The van der Waals surface area contributed by atoms with Gasteiger partial charge in [0.05, 0.1) is 28.8 Å². The summed E-state index contributed by atoms with van der Waals surface area (Å²) in [5.74, 6) is -1.52. The lowest BCUT2D eigenvalue weighted by molar-refractivity contribution is -0.137. The number of para-hydroxylation sites is 1. The second kappa shape index (κ2) is 6.96. The van der Waals surface area contributed by atoms with Crippen molar-refractivity contribution in [2.24, 2.45) is 0 Å². The summed E-state index contributed by atoms with van der Waals surface area (Å²) in [5, 5.41) is 2.36. The van der Waals surface area contributed by atoms with Gasteiger partial charge in [0.25, 0.3) is 5.91 Å². The molecule has 0 radical (unpaired) electrons. The smallest absolute Gasteiger partial charge is 0.418 e. The van der Waals surface area contributed by atoms with Crippen molar-refractivity contribution < 1.29 is 27.1 Å². The highest BCUT2D eigenvalue weighted by Gasteiger charge is 2.34. The van der Waals surface area contributed by atoms with Gasteiger partial charge < -0.3 is 14.5 Å². The van der Waals surface area contributed by atoms with Crippen LogP contribution >= 0.6 is 11.6 Å². The monoisotopic (exact) mass is 397 g/mol. The van der Waals surface area contributed by atoms with Gasteiger partial charge in [-0.2, -0.15) is 13.2 Å². The highest BCUT2D eigenvalue weighted by molar-refractivity contribution is 6.34. The van der Waals surface area contributed by atoms with Gasteiger partial charge in [-0.15, -0.1) is 0 Å². The van der Waals surface area contributed by atoms with Crippen LogP contribution in [0.25, 0.3) is 11.0 Å². The molecule has 0 aliphatic carbocycles. The average Bonchev–Trinajstić information content (AvgIpc) is 2.61. The molecule has 0 unspecified atom stereocenters. The van der Waals surface area contributed by atoms with Crippen molar-refractivity contribution in [3.63, 3.8) is 0 Å². The van der Waals surface area contributed by atoms with Gasteiger partial charge >= 0.3 is 6.18 Å². The maximum atomic E-state index is 13.2. The Labute approximate surface area is 155 Å². The Bertz CT molecular complexity index is 1090. The Kier molecular flexibility index (Phi) is 4.84. The molecule has 0 spiro atoms. The van der Waals surface area contributed by atoms with Crippen molar-refractivity contribution in [2.45, 2.75) is 6.18 Å². The minimum absolute atomic E-state index is 0.0238. The molecule has 2 aromatic carbocycles. The number of carbonyl (C=O) groups excluding carboxylic acids is 1. The van der Waals surface area contributed by atoms with E-state index in [1.165, 1.54) is 31.4 Å². The van der Waals surface area contributed by atoms with Crippen LogP contribution < -0.4 is 15.5 Å². The largest absolute Gasteiger partial charge is 0.497 e. The first kappa shape index (κ1) is 18.8. The standard InChI is InChI=1S/C18H11ClF3NO4/c1-26-9-5-6-13(11(7-9)18(20,21)22)23-17(25)15-8-14(24)10-3-2-4-12(19)16(10)27-15/h2-8H,1H3,(H,23,25). The first-order chi connectivity index (χ1) is 12.7. The number of anilines is 1. The number of benzene rings is 2. The van der Waals surface area contributed by atoms with Gasteiger partial charge in [0.2, 0.25) is 0 Å². The molecule has 0 saturated carbocycles. The third-order valence-electron chi connectivity index (χ3n) is 3.71. The zero-order valence-corrected chi connectivity index (χ0v) is 14.4. The fourth-order valence-electron chi connectivity index (χ4n) is 2.43. The van der Waals surface area contributed by atoms with Crippen LogP contribution in [0.3, 0.4) is 0 Å². The normalized spacial score (nSPS) is 11.4. The molecule has 1 aromatic heterocycles. The second-order valence-corrected chi connectivity index (χ2v) is 5.86. The SMILES string of the molecule is COc1ccc(NC(=O)c2cc(=O)c3cccc(Cl)c3o2)c(C(F)(F)F)c1. The van der Waals surface area contributed by atoms with Gasteiger partial charge in [0, 0.05) is 6.07 Å². The van der Waals surface area contributed by atoms with Gasteiger partial charge in [-0.3, -0.25) is 9.59 Å². The van der Waals surface area contributed by atoms with Crippen LogP contribution in [0.1, 0.15) is 16.1 Å². The zero-order valence-electron chi connectivity index (χ0n) is 13.7. The van der Waals surface area contributed by atoms with E-state index in [-0.39, 0.29) is 21.7 Å². The lowest BCUT2D eigenvalue weighted by Crippen LogP contribution is -2.18. The predicted octanol–water partition coefficient (Wildman–Crippen LogP) is 4.73. The topological polar surface area (TPSA) is 68.5 Å². The third-order valence-corrected chi connectivity index (χ3v) is 4.01. The van der Waals surface area contributed by atoms with Gasteiger partial charge in [-0.1, -0.05) is 17.7 Å². The van der Waals surface area contributed by atoms with E-state index in [1.807, 2.05) is 0 Å². The zero-order chi connectivity index (χ0) is 19.8. The fourth-order valence-corrected chi connectivity index (χ4v) is 2.65. The van der Waals surface area contributed by atoms with Gasteiger partial charge in [-0.25, -0.2) is 0 Å². The number of hydrogen-bond acceptors (Lipinski definition) is 4. The fraction of sp³-hybridized carbons (Fsp3) is 0.111. The third kappa shape index (κ3) is 3.75. The van der Waals surface area contributed by atoms with Crippen LogP contribution in [0.15, 0.2) is 51.7 Å². The van der Waals surface area contributed by atoms with Crippen LogP contribution in [0, 0.1) is 0 Å². The van der Waals surface area contributed by atoms with E-state index in [9.17, 15) is 22.8 Å². The lowest BCUT2D eigenvalue weighted by atomic mass is 10.1. The van der Waals surface area contributed by atoms with Crippen LogP contribution in [0.4, 0.5) is 18.9 Å². The number of halogens is 4. The molecule has 0 saturated heterocycles. The van der Waals surface area contributed by atoms with Crippen LogP contribution in [-0.2, 0) is 6.18 Å². The van der Waals surface area contributed by atoms with E-state index < -0.39 is 34.5 Å². The number of nitrogens with one attached hydrogen (secondary N) is 1. The number of alkyl halides is 3. The predicted molar refractivity (Wildman–Crippen MR) is 93.4 cm³/mol. The molecule has 0 aliphatic heterocycles. The number of carbonyl (C=O) groups is 1. The van der Waals surface area contributed by atoms with Crippen LogP contribution in [-0.4, -0.2) is 13.0 Å². The van der Waals surface area contributed by atoms with Crippen molar-refractivity contribution >= 4 is 34.2 Å². The number of ether oxygens (including phenoxy) is 1. The minimum atomic E-state index is -4.73. The molecule has 1 heterocycles. The molecule has 0 bridgehead atoms. The Morgan fingerprint density at radius 1 is 1.19 bits per heavy atom. The Hall–Kier alpha value is -3.00. The van der Waals surface area contributed by atoms with E-state index in [0.29, 0.717) is 0 Å². The van der Waals surface area contributed by atoms with Crippen molar-refractivity contribution in [3.05, 3.63) is 69.0 Å². The van der Waals surface area contributed by atoms with Crippen molar-refractivity contribution in [1.29, 1.82) is 0 Å². The quantitative estimate of drug-likeness (QED) is 0.694. The molecule has 0 fully saturated rings. The molecule has 3 aromatic rings. The number of methoxy groups -OCH3 is 1. The van der Waals surface area contributed by atoms with E-state index >= 15 is 0 Å². The van der Waals surface area contributed by atoms with Crippen molar-refractivity contribution in [1.82, 2.24) is 0 Å². The van der Waals surface area contributed by atoms with Gasteiger partial charge in [-0.05, 0) is 30.3 Å². The van der Waals surface area contributed by atoms with E-state index in [4.69, 9.17) is 20.8 Å². The molecule has 27 heavy (non-hydrogen) atoms. The molecule has 9 heteroatoms. The molecule has 140 valence electrons. The van der Waals surface area contributed by atoms with Crippen LogP contribution in [0.2, 0.25) is 5.02 Å². The summed E-state index contributed by atoms with van der Waals surface area (Å²) in [6, 6.07) is 8.41. The molecule has 1 amide bonds. The summed E-state index contributed by atoms with van der Waals surface area (Å²) in [4.78, 5) is 24.5. The summed E-state index contributed by atoms with van der Waals surface area (Å²) >= 11 is 5.96. The minimum Gasteiger partial charge on any atom is -0.497 e. The van der Waals surface area contributed by atoms with E-state index in [2.05, 4.69) is 5.32 Å². The van der Waals surface area contributed by atoms with E-state index in [1.54, 1.807) is 0 Å². The summed E-state index contributed by atoms with van der Waals surface area (Å²) in [5.41, 5.74) is -2.18. The summed E-state index contributed by atoms with van der Waals surface area (Å²) in [6.45, 7) is 0. The molecular weight excluding hydrogens is 387 g/mol. The lowest BCUT2D eigenvalue weighted by Gasteiger charge is -2.15. The molecule has 0 atom stereocenters. The van der Waals surface area contributed by atoms with Crippen molar-refractivity contribution in [3.8, 4) is 5.75 Å². The summed E-state index contributed by atoms with van der Waals surface area (Å²) in [6.07, 6.45) is -4.73. The molecule has 3 rings (SSSR count). The Morgan fingerprint density at radius 2 is 1.93 bits per heavy atom. The number of hydrogen-bond donors (Lipinski definition) is 1. The molecule has 1 N–H and O–H groups in total. The van der Waals surface area contributed by atoms with Gasteiger partial charge in [0.15, 0.2) is 16.8 Å². The van der Waals surface area contributed by atoms with Crippen LogP contribution in [0.5, 0.6) is 5.75 Å². The maximum absolute atomic E-state index is 13.2. The summed E-state index contributed by atoms with van der Waals surface area (Å²) in [7, 11) is 1.22. The number of fused-ring (bicyclic) bond motifs is 1. The molecule has 5 nitrogen and oxygen atoms in total. The molecule has 0 aliphatic rings. The first-order valence-electron chi connectivity index (χ1n) is 7.49. The second-order valence-electron chi connectivity index (χ2n) is 5.45. The summed E-state index contributed by atoms with van der Waals surface area (Å²) < 4.78 is 49.8. The number of rotatable bonds is 3. The van der Waals surface area contributed by atoms with E-state index in [0.717, 1.165) is 18.2 Å². The Balaban J connectivity index is 2.03. The average molecular weight is 398 g/mol. The Morgan fingerprint density at radius 3 is 2.59 bits per heavy atom. The molecular formula is C18H11ClF3NO4. The van der Waals surface area contributed by atoms with Gasteiger partial charge in [0.1, 0.15) is 5.75 Å².